The van der Waals surface area contributed by atoms with Gasteiger partial charge < -0.3 is 11.1 Å². The predicted octanol–water partition coefficient (Wildman–Crippen LogP) is 2.57. The highest BCUT2D eigenvalue weighted by Crippen LogP contribution is 2.14. The molecule has 1 amide bonds. The minimum absolute atomic E-state index is 0.172. The van der Waals surface area contributed by atoms with Gasteiger partial charge in [0.15, 0.2) is 5.65 Å². The van der Waals surface area contributed by atoms with E-state index in [9.17, 15) is 4.79 Å². The number of hydrogen-bond acceptors (Lipinski definition) is 4. The van der Waals surface area contributed by atoms with Crippen molar-refractivity contribution in [1.82, 2.24) is 9.97 Å². The monoisotopic (exact) mass is 302 g/mol. The summed E-state index contributed by atoms with van der Waals surface area (Å²) in [6, 6.07) is 14.7. The number of amides is 1. The van der Waals surface area contributed by atoms with E-state index in [0.29, 0.717) is 22.8 Å². The number of carbonyl (C=O) groups excluding carboxylic acids is 1. The Morgan fingerprint density at radius 1 is 1.09 bits per heavy atom. The molecule has 3 N–H and O–H groups in total. The fraction of sp³-hybridized carbons (Fsp3) is 0.0556. The van der Waals surface area contributed by atoms with Crippen molar-refractivity contribution in [3.8, 4) is 11.8 Å². The highest BCUT2D eigenvalue weighted by molar-refractivity contribution is 5.89. The number of nitrogens with zero attached hydrogens (tertiary/aromatic N) is 2. The molecule has 23 heavy (non-hydrogen) atoms. The number of fused-ring (bicyclic) bond motifs is 1. The van der Waals surface area contributed by atoms with E-state index in [1.54, 1.807) is 12.1 Å². The Kier molecular flexibility index (Phi) is 3.89. The molecule has 3 rings (SSSR count). The van der Waals surface area contributed by atoms with E-state index in [0.717, 1.165) is 10.9 Å². The second-order valence-electron chi connectivity index (χ2n) is 5.00. The molecule has 0 saturated heterocycles. The average molecular weight is 302 g/mol. The van der Waals surface area contributed by atoms with Gasteiger partial charge in [-0.25, -0.2) is 9.97 Å². The number of anilines is 2. The summed E-state index contributed by atoms with van der Waals surface area (Å²) in [6.07, 6.45) is 0. The molecule has 0 bridgehead atoms. The normalized spacial score (nSPS) is 9.96. The Hall–Kier alpha value is -3.39. The lowest BCUT2D eigenvalue weighted by molar-refractivity contribution is -0.114. The van der Waals surface area contributed by atoms with Crippen LogP contribution in [-0.4, -0.2) is 15.9 Å². The fourth-order valence-electron chi connectivity index (χ4n) is 2.07. The molecule has 5 heteroatoms. The molecular formula is C18H14N4O. The third-order valence-electron chi connectivity index (χ3n) is 3.08. The zero-order chi connectivity index (χ0) is 16.2. The predicted molar refractivity (Wildman–Crippen MR) is 90.7 cm³/mol. The first-order valence-corrected chi connectivity index (χ1v) is 7.03. The number of carbonyl (C=O) groups is 1. The molecule has 0 atom stereocenters. The van der Waals surface area contributed by atoms with Gasteiger partial charge >= 0.3 is 0 Å². The Morgan fingerprint density at radius 3 is 2.70 bits per heavy atom. The Labute approximate surface area is 133 Å². The van der Waals surface area contributed by atoms with Crippen molar-refractivity contribution >= 4 is 28.4 Å². The number of nitrogens with one attached hydrogen (secondary N) is 1. The van der Waals surface area contributed by atoms with Crippen molar-refractivity contribution in [2.75, 3.05) is 11.1 Å². The third-order valence-corrected chi connectivity index (χ3v) is 3.08. The molecular weight excluding hydrogens is 288 g/mol. The topological polar surface area (TPSA) is 80.9 Å². The summed E-state index contributed by atoms with van der Waals surface area (Å²) in [6.45, 7) is 1.44. The second kappa shape index (κ2) is 6.16. The lowest BCUT2D eigenvalue weighted by atomic mass is 10.2. The van der Waals surface area contributed by atoms with Gasteiger partial charge in [-0.15, -0.1) is 0 Å². The van der Waals surface area contributed by atoms with Crippen molar-refractivity contribution in [1.29, 1.82) is 0 Å². The molecule has 0 aliphatic rings. The first-order valence-electron chi connectivity index (χ1n) is 7.03. The second-order valence-corrected chi connectivity index (χ2v) is 5.00. The molecule has 0 radical (unpaired) electrons. The van der Waals surface area contributed by atoms with Gasteiger partial charge in [0.1, 0.15) is 11.5 Å². The summed E-state index contributed by atoms with van der Waals surface area (Å²) in [5, 5.41) is 3.52. The van der Waals surface area contributed by atoms with E-state index in [1.165, 1.54) is 6.92 Å². The minimum atomic E-state index is -0.172. The molecule has 0 saturated carbocycles. The fourth-order valence-corrected chi connectivity index (χ4v) is 2.07. The molecule has 2 aromatic heterocycles. The number of nitrogen functional groups attached to an aromatic ring is 1. The summed E-state index contributed by atoms with van der Waals surface area (Å²) < 4.78 is 0. The van der Waals surface area contributed by atoms with Crippen molar-refractivity contribution in [3.05, 3.63) is 59.8 Å². The molecule has 3 aromatic rings. The Morgan fingerprint density at radius 2 is 1.91 bits per heavy atom. The van der Waals surface area contributed by atoms with Gasteiger partial charge in [0.25, 0.3) is 0 Å². The summed E-state index contributed by atoms with van der Waals surface area (Å²) in [5.41, 5.74) is 8.37. The lowest BCUT2D eigenvalue weighted by Crippen LogP contribution is -2.07. The maximum Gasteiger partial charge on any atom is 0.222 e. The zero-order valence-corrected chi connectivity index (χ0v) is 12.5. The number of benzene rings is 1. The first kappa shape index (κ1) is 14.5. The van der Waals surface area contributed by atoms with Crippen LogP contribution in [0.4, 0.5) is 11.5 Å². The first-order chi connectivity index (χ1) is 11.1. The molecule has 0 aliphatic heterocycles. The van der Waals surface area contributed by atoms with Crippen LogP contribution in [0.2, 0.25) is 0 Å². The van der Waals surface area contributed by atoms with E-state index >= 15 is 0 Å². The Balaban J connectivity index is 1.94. The van der Waals surface area contributed by atoms with Crippen molar-refractivity contribution in [3.63, 3.8) is 0 Å². The van der Waals surface area contributed by atoms with E-state index in [1.807, 2.05) is 36.4 Å². The summed E-state index contributed by atoms with van der Waals surface area (Å²) >= 11 is 0. The number of hydrogen-bond donors (Lipinski definition) is 2. The van der Waals surface area contributed by atoms with Gasteiger partial charge in [0.2, 0.25) is 5.91 Å². The maximum absolute atomic E-state index is 11.1. The van der Waals surface area contributed by atoms with Crippen LogP contribution in [0.5, 0.6) is 0 Å². The summed E-state index contributed by atoms with van der Waals surface area (Å²) in [4.78, 5) is 19.8. The van der Waals surface area contributed by atoms with Crippen LogP contribution in [0, 0.1) is 11.8 Å². The van der Waals surface area contributed by atoms with Crippen molar-refractivity contribution < 1.29 is 4.79 Å². The largest absolute Gasteiger partial charge is 0.399 e. The zero-order valence-electron chi connectivity index (χ0n) is 12.5. The van der Waals surface area contributed by atoms with Crippen LogP contribution < -0.4 is 11.1 Å². The van der Waals surface area contributed by atoms with Crippen LogP contribution in [0.3, 0.4) is 0 Å². The van der Waals surface area contributed by atoms with Crippen LogP contribution in [0.1, 0.15) is 18.2 Å². The molecule has 0 spiro atoms. The standard InChI is InChI=1S/C18H14N4O/c1-12(23)20-17-10-7-14-6-9-16(21-18(14)22-17)8-5-13-3-2-4-15(19)11-13/h2-4,6-7,9-11H,19H2,1H3,(H,20,21,22,23). The van der Waals surface area contributed by atoms with Gasteiger partial charge in [0, 0.05) is 23.6 Å². The van der Waals surface area contributed by atoms with E-state index < -0.39 is 0 Å². The average Bonchev–Trinajstić information content (AvgIpc) is 2.52. The van der Waals surface area contributed by atoms with E-state index in [-0.39, 0.29) is 5.91 Å². The minimum Gasteiger partial charge on any atom is -0.399 e. The van der Waals surface area contributed by atoms with Crippen molar-refractivity contribution in [2.24, 2.45) is 0 Å². The Bertz CT molecular complexity index is 954. The number of rotatable bonds is 1. The molecule has 112 valence electrons. The summed E-state index contributed by atoms with van der Waals surface area (Å²) in [5.74, 6) is 6.32. The maximum atomic E-state index is 11.1. The molecule has 2 heterocycles. The van der Waals surface area contributed by atoms with E-state index in [4.69, 9.17) is 5.73 Å². The number of aromatic nitrogens is 2. The highest BCUT2D eigenvalue weighted by Gasteiger charge is 2.02. The molecule has 0 fully saturated rings. The molecule has 0 aliphatic carbocycles. The smallest absolute Gasteiger partial charge is 0.222 e. The van der Waals surface area contributed by atoms with Crippen LogP contribution in [-0.2, 0) is 4.79 Å². The highest BCUT2D eigenvalue weighted by atomic mass is 16.1. The van der Waals surface area contributed by atoms with Gasteiger partial charge in [-0.2, -0.15) is 0 Å². The van der Waals surface area contributed by atoms with Crippen LogP contribution in [0.15, 0.2) is 48.5 Å². The molecule has 1 aromatic carbocycles. The van der Waals surface area contributed by atoms with Gasteiger partial charge in [-0.05, 0) is 48.4 Å². The van der Waals surface area contributed by atoms with E-state index in [2.05, 4.69) is 27.1 Å². The van der Waals surface area contributed by atoms with Gasteiger partial charge in [-0.3, -0.25) is 4.79 Å². The third kappa shape index (κ3) is 3.63. The van der Waals surface area contributed by atoms with Crippen molar-refractivity contribution in [2.45, 2.75) is 6.92 Å². The lowest BCUT2D eigenvalue weighted by Gasteiger charge is -2.02. The summed E-state index contributed by atoms with van der Waals surface area (Å²) in [7, 11) is 0. The SMILES string of the molecule is CC(=O)Nc1ccc2ccc(C#Cc3cccc(N)c3)nc2n1. The number of nitrogens with two attached hydrogens (primary N) is 1. The van der Waals surface area contributed by atoms with Crippen LogP contribution in [0.25, 0.3) is 11.0 Å². The molecule has 5 nitrogen and oxygen atoms in total. The van der Waals surface area contributed by atoms with Gasteiger partial charge in [-0.1, -0.05) is 12.0 Å². The quantitative estimate of drug-likeness (QED) is 0.535. The van der Waals surface area contributed by atoms with Gasteiger partial charge in [0.05, 0.1) is 0 Å². The van der Waals surface area contributed by atoms with Crippen LogP contribution >= 0.6 is 0 Å². The number of pyridine rings is 2. The molecule has 0 unspecified atom stereocenters.